The first kappa shape index (κ1) is 11.1. The highest BCUT2D eigenvalue weighted by Gasteiger charge is 2.37. The van der Waals surface area contributed by atoms with Crippen molar-refractivity contribution < 1.29 is 13.2 Å². The molecule has 0 radical (unpaired) electrons. The number of rotatable bonds is 1. The van der Waals surface area contributed by atoms with E-state index in [9.17, 15) is 13.2 Å². The van der Waals surface area contributed by atoms with Crippen LogP contribution in [0.2, 0.25) is 0 Å². The highest BCUT2D eigenvalue weighted by molar-refractivity contribution is 7.15. The van der Waals surface area contributed by atoms with Crippen molar-refractivity contribution in [3.63, 3.8) is 0 Å². The van der Waals surface area contributed by atoms with Crippen LogP contribution in [-0.4, -0.2) is 4.98 Å². The van der Waals surface area contributed by atoms with E-state index in [2.05, 4.69) is 4.98 Å². The van der Waals surface area contributed by atoms with Gasteiger partial charge >= 0.3 is 6.18 Å². The van der Waals surface area contributed by atoms with Gasteiger partial charge < -0.3 is 0 Å². The molecule has 2 rings (SSSR count). The average Bonchev–Trinajstić information content (AvgIpc) is 2.61. The van der Waals surface area contributed by atoms with E-state index >= 15 is 0 Å². The Morgan fingerprint density at radius 2 is 1.75 bits per heavy atom. The van der Waals surface area contributed by atoms with E-state index in [1.807, 2.05) is 0 Å². The molecule has 1 heterocycles. The topological polar surface area (TPSA) is 12.9 Å². The van der Waals surface area contributed by atoms with Gasteiger partial charge in [0.05, 0.1) is 9.88 Å². The summed E-state index contributed by atoms with van der Waals surface area (Å²) in [6.45, 7) is 1.58. The Morgan fingerprint density at radius 1 is 1.12 bits per heavy atom. The van der Waals surface area contributed by atoms with Crippen molar-refractivity contribution >= 4 is 11.3 Å². The minimum Gasteiger partial charge on any atom is -0.236 e. The van der Waals surface area contributed by atoms with Crippen molar-refractivity contribution in [3.05, 3.63) is 41.0 Å². The first-order valence-corrected chi connectivity index (χ1v) is 5.40. The molecule has 0 saturated carbocycles. The Morgan fingerprint density at radius 3 is 2.31 bits per heavy atom. The van der Waals surface area contributed by atoms with Gasteiger partial charge in [-0.1, -0.05) is 30.3 Å². The number of thiazole rings is 1. The Balaban J connectivity index is 2.58. The van der Waals surface area contributed by atoms with Crippen LogP contribution in [0.15, 0.2) is 30.3 Å². The highest BCUT2D eigenvalue weighted by Crippen LogP contribution is 2.39. The second-order valence-electron chi connectivity index (χ2n) is 3.27. The van der Waals surface area contributed by atoms with Crippen LogP contribution in [0.3, 0.4) is 0 Å². The molecule has 1 aromatic heterocycles. The second kappa shape index (κ2) is 3.90. The molecule has 0 unspecified atom stereocenters. The summed E-state index contributed by atoms with van der Waals surface area (Å²) in [6, 6.07) is 8.50. The maximum absolute atomic E-state index is 12.7. The lowest BCUT2D eigenvalue weighted by Gasteiger charge is -2.05. The lowest BCUT2D eigenvalue weighted by molar-refractivity contribution is -0.140. The van der Waals surface area contributed by atoms with Crippen molar-refractivity contribution in [2.24, 2.45) is 0 Å². The van der Waals surface area contributed by atoms with E-state index in [0.29, 0.717) is 10.6 Å². The monoisotopic (exact) mass is 243 g/mol. The first-order valence-electron chi connectivity index (χ1n) is 4.58. The van der Waals surface area contributed by atoms with Gasteiger partial charge in [0.1, 0.15) is 0 Å². The van der Waals surface area contributed by atoms with Gasteiger partial charge in [-0.2, -0.15) is 13.2 Å². The molecule has 0 aliphatic rings. The fourth-order valence-electron chi connectivity index (χ4n) is 1.40. The van der Waals surface area contributed by atoms with Crippen LogP contribution in [0.25, 0.3) is 10.4 Å². The molecule has 1 aromatic carbocycles. The van der Waals surface area contributed by atoms with Crippen LogP contribution in [0, 0.1) is 6.92 Å². The van der Waals surface area contributed by atoms with E-state index in [1.165, 1.54) is 0 Å². The maximum atomic E-state index is 12.7. The summed E-state index contributed by atoms with van der Waals surface area (Å²) in [4.78, 5) is 3.74. The number of halogens is 3. The number of hydrogen-bond donors (Lipinski definition) is 0. The summed E-state index contributed by atoms with van der Waals surface area (Å²) in [7, 11) is 0. The van der Waals surface area contributed by atoms with Crippen LogP contribution < -0.4 is 0 Å². The predicted molar refractivity (Wildman–Crippen MR) is 57.3 cm³/mol. The number of nitrogens with zero attached hydrogens (tertiary/aromatic N) is 1. The fraction of sp³-hybridized carbons (Fsp3) is 0.182. The van der Waals surface area contributed by atoms with Crippen LogP contribution >= 0.6 is 11.3 Å². The van der Waals surface area contributed by atoms with Gasteiger partial charge in [0.2, 0.25) is 0 Å². The van der Waals surface area contributed by atoms with Crippen molar-refractivity contribution in [2.75, 3.05) is 0 Å². The van der Waals surface area contributed by atoms with Crippen LogP contribution in [0.1, 0.15) is 10.7 Å². The van der Waals surface area contributed by atoms with Gasteiger partial charge in [0, 0.05) is 0 Å². The molecular weight excluding hydrogens is 235 g/mol. The normalized spacial score (nSPS) is 11.8. The summed E-state index contributed by atoms with van der Waals surface area (Å²) in [5.74, 6) is 0. The molecular formula is C11H8F3NS. The summed E-state index contributed by atoms with van der Waals surface area (Å²) in [5, 5.41) is 0.422. The molecule has 0 atom stereocenters. The molecule has 16 heavy (non-hydrogen) atoms. The van der Waals surface area contributed by atoms with Crippen molar-refractivity contribution in [1.29, 1.82) is 0 Å². The Labute approximate surface area is 94.6 Å². The molecule has 84 valence electrons. The highest BCUT2D eigenvalue weighted by atomic mass is 32.1. The predicted octanol–water partition coefficient (Wildman–Crippen LogP) is 4.14. The van der Waals surface area contributed by atoms with E-state index < -0.39 is 11.9 Å². The van der Waals surface area contributed by atoms with Gasteiger partial charge in [-0.05, 0) is 12.5 Å². The SMILES string of the molecule is Cc1nc(C(F)(F)F)c(-c2ccccc2)s1. The molecule has 0 aliphatic heterocycles. The largest absolute Gasteiger partial charge is 0.434 e. The molecule has 2 aromatic rings. The molecule has 0 bridgehead atoms. The third kappa shape index (κ3) is 2.09. The zero-order valence-corrected chi connectivity index (χ0v) is 9.19. The van der Waals surface area contributed by atoms with Crippen LogP contribution in [-0.2, 0) is 6.18 Å². The van der Waals surface area contributed by atoms with Crippen molar-refractivity contribution in [2.45, 2.75) is 13.1 Å². The summed E-state index contributed by atoms with van der Waals surface area (Å²) >= 11 is 1.06. The van der Waals surface area contributed by atoms with Crippen LogP contribution in [0.5, 0.6) is 0 Å². The Kier molecular flexibility index (Phi) is 2.71. The Bertz CT molecular complexity index is 488. The summed E-state index contributed by atoms with van der Waals surface area (Å²) in [5.41, 5.74) is -0.235. The van der Waals surface area contributed by atoms with Crippen LogP contribution in [0.4, 0.5) is 13.2 Å². The lowest BCUT2D eigenvalue weighted by Crippen LogP contribution is -2.07. The van der Waals surface area contributed by atoms with Gasteiger partial charge in [0.15, 0.2) is 5.69 Å². The number of alkyl halides is 3. The third-order valence-electron chi connectivity index (χ3n) is 2.04. The zero-order chi connectivity index (χ0) is 11.8. The van der Waals surface area contributed by atoms with E-state index in [1.54, 1.807) is 37.3 Å². The van der Waals surface area contributed by atoms with E-state index in [0.717, 1.165) is 11.3 Å². The van der Waals surface area contributed by atoms with Crippen molar-refractivity contribution in [1.82, 2.24) is 4.98 Å². The molecule has 0 aliphatic carbocycles. The molecule has 0 fully saturated rings. The number of hydrogen-bond acceptors (Lipinski definition) is 2. The zero-order valence-electron chi connectivity index (χ0n) is 8.38. The number of benzene rings is 1. The molecule has 0 amide bonds. The van der Waals surface area contributed by atoms with Gasteiger partial charge in [-0.3, -0.25) is 0 Å². The summed E-state index contributed by atoms with van der Waals surface area (Å²) < 4.78 is 38.1. The minimum atomic E-state index is -4.39. The average molecular weight is 243 g/mol. The maximum Gasteiger partial charge on any atom is 0.434 e. The second-order valence-corrected chi connectivity index (χ2v) is 4.48. The molecule has 0 spiro atoms. The minimum absolute atomic E-state index is 0.186. The van der Waals surface area contributed by atoms with Gasteiger partial charge in [-0.15, -0.1) is 11.3 Å². The van der Waals surface area contributed by atoms with E-state index in [4.69, 9.17) is 0 Å². The first-order chi connectivity index (χ1) is 7.48. The number of aryl methyl sites for hydroxylation is 1. The quantitative estimate of drug-likeness (QED) is 0.733. The molecule has 0 saturated heterocycles. The van der Waals surface area contributed by atoms with Gasteiger partial charge in [-0.25, -0.2) is 4.98 Å². The van der Waals surface area contributed by atoms with Gasteiger partial charge in [0.25, 0.3) is 0 Å². The lowest BCUT2D eigenvalue weighted by atomic mass is 10.1. The smallest absolute Gasteiger partial charge is 0.236 e. The molecule has 5 heteroatoms. The number of aromatic nitrogens is 1. The Hall–Kier alpha value is -1.36. The summed E-state index contributed by atoms with van der Waals surface area (Å²) in [6.07, 6.45) is -4.39. The fourth-order valence-corrected chi connectivity index (χ4v) is 2.35. The standard InChI is InChI=1S/C11H8F3NS/c1-7-15-10(11(12,13)14)9(16-7)8-5-3-2-4-6-8/h2-6H,1H3. The third-order valence-corrected chi connectivity index (χ3v) is 3.06. The molecule has 1 nitrogen and oxygen atoms in total. The van der Waals surface area contributed by atoms with E-state index in [-0.39, 0.29) is 4.88 Å². The molecule has 0 N–H and O–H groups in total. The van der Waals surface area contributed by atoms with Crippen molar-refractivity contribution in [3.8, 4) is 10.4 Å².